The van der Waals surface area contributed by atoms with E-state index in [0.29, 0.717) is 0 Å². The smallest absolute Gasteiger partial charge is 0.328 e. The van der Waals surface area contributed by atoms with Gasteiger partial charge in [-0.15, -0.1) is 0 Å². The number of nitrogens with one attached hydrogen (secondary N) is 2. The van der Waals surface area contributed by atoms with Gasteiger partial charge in [0.05, 0.1) is 0 Å². The number of carbonyl (C=O) groups excluding carboxylic acids is 3. The van der Waals surface area contributed by atoms with Crippen molar-refractivity contribution < 1.29 is 19.1 Å². The summed E-state index contributed by atoms with van der Waals surface area (Å²) in [6.07, 6.45) is 8.39. The monoisotopic (exact) mass is 358 g/mol. The Morgan fingerprint density at radius 3 is 2.54 bits per heavy atom. The topological polar surface area (TPSA) is 84.5 Å². The fourth-order valence-electron chi connectivity index (χ4n) is 2.83. The number of carbonyl (C=O) groups is 3. The molecular weight excluding hydrogens is 332 g/mol. The second-order valence-corrected chi connectivity index (χ2v) is 6.48. The average molecular weight is 358 g/mol. The van der Waals surface area contributed by atoms with Crippen LogP contribution in [0, 0.1) is 0 Å². The van der Waals surface area contributed by atoms with E-state index in [1.54, 1.807) is 6.08 Å². The van der Waals surface area contributed by atoms with Crippen molar-refractivity contribution in [2.24, 2.45) is 0 Å². The normalized spacial score (nSPS) is 16.0. The minimum atomic E-state index is -0.828. The minimum Gasteiger partial charge on any atom is -0.454 e. The van der Waals surface area contributed by atoms with Crippen LogP contribution in [-0.4, -0.2) is 36.5 Å². The number of rotatable bonds is 7. The SMILES string of the molecule is C[C@H](NC(=O)/C=C/c1ccccc1)C(=O)OCC(=O)NC1CCCCC1. The summed E-state index contributed by atoms with van der Waals surface area (Å²) in [6, 6.07) is 8.71. The zero-order chi connectivity index (χ0) is 18.8. The molecular formula is C20H26N2O4. The fraction of sp³-hybridized carbons (Fsp3) is 0.450. The average Bonchev–Trinajstić information content (AvgIpc) is 2.66. The van der Waals surface area contributed by atoms with E-state index < -0.39 is 17.9 Å². The first-order chi connectivity index (χ1) is 12.5. The largest absolute Gasteiger partial charge is 0.454 e. The van der Waals surface area contributed by atoms with Crippen LogP contribution in [-0.2, 0) is 19.1 Å². The molecule has 0 bridgehead atoms. The van der Waals surface area contributed by atoms with Gasteiger partial charge in [0, 0.05) is 12.1 Å². The van der Waals surface area contributed by atoms with E-state index in [2.05, 4.69) is 10.6 Å². The summed E-state index contributed by atoms with van der Waals surface area (Å²) in [5, 5.41) is 5.40. The van der Waals surface area contributed by atoms with Gasteiger partial charge < -0.3 is 15.4 Å². The van der Waals surface area contributed by atoms with E-state index >= 15 is 0 Å². The highest BCUT2D eigenvalue weighted by Crippen LogP contribution is 2.17. The summed E-state index contributed by atoms with van der Waals surface area (Å²) < 4.78 is 4.98. The van der Waals surface area contributed by atoms with Crippen LogP contribution in [0.1, 0.15) is 44.6 Å². The Hall–Kier alpha value is -2.63. The van der Waals surface area contributed by atoms with Crippen molar-refractivity contribution in [3.05, 3.63) is 42.0 Å². The maximum absolute atomic E-state index is 11.9. The number of hydrogen-bond donors (Lipinski definition) is 2. The first-order valence-corrected chi connectivity index (χ1v) is 9.04. The summed E-state index contributed by atoms with van der Waals surface area (Å²) in [7, 11) is 0. The molecule has 0 saturated heterocycles. The lowest BCUT2D eigenvalue weighted by atomic mass is 9.95. The van der Waals surface area contributed by atoms with Crippen molar-refractivity contribution in [1.82, 2.24) is 10.6 Å². The molecule has 2 rings (SSSR count). The van der Waals surface area contributed by atoms with Gasteiger partial charge in [0.15, 0.2) is 6.61 Å². The number of benzene rings is 1. The Morgan fingerprint density at radius 1 is 1.15 bits per heavy atom. The fourth-order valence-corrected chi connectivity index (χ4v) is 2.83. The molecule has 1 aromatic rings. The third-order valence-corrected chi connectivity index (χ3v) is 4.25. The molecule has 2 N–H and O–H groups in total. The number of hydrogen-bond acceptors (Lipinski definition) is 4. The Bertz CT molecular complexity index is 636. The van der Waals surface area contributed by atoms with Gasteiger partial charge in [0.1, 0.15) is 6.04 Å². The molecule has 0 spiro atoms. The predicted molar refractivity (Wildman–Crippen MR) is 99.1 cm³/mol. The predicted octanol–water partition coefficient (Wildman–Crippen LogP) is 2.20. The molecule has 2 amide bonds. The lowest BCUT2D eigenvalue weighted by Crippen LogP contribution is -2.42. The summed E-state index contributed by atoms with van der Waals surface area (Å²) in [4.78, 5) is 35.6. The maximum Gasteiger partial charge on any atom is 0.328 e. The molecule has 1 atom stereocenters. The van der Waals surface area contributed by atoms with Crippen molar-refractivity contribution in [1.29, 1.82) is 0 Å². The highest BCUT2D eigenvalue weighted by molar-refractivity contribution is 5.94. The Morgan fingerprint density at radius 2 is 1.85 bits per heavy atom. The molecule has 1 aliphatic rings. The Labute approximate surface area is 154 Å². The molecule has 1 aliphatic carbocycles. The molecule has 0 unspecified atom stereocenters. The highest BCUT2D eigenvalue weighted by atomic mass is 16.5. The molecule has 1 saturated carbocycles. The lowest BCUT2D eigenvalue weighted by molar-refractivity contribution is -0.151. The second-order valence-electron chi connectivity index (χ2n) is 6.48. The summed E-state index contributed by atoms with van der Waals surface area (Å²) >= 11 is 0. The number of amides is 2. The van der Waals surface area contributed by atoms with E-state index in [9.17, 15) is 14.4 Å². The first-order valence-electron chi connectivity index (χ1n) is 9.04. The maximum atomic E-state index is 11.9. The van der Waals surface area contributed by atoms with Crippen molar-refractivity contribution in [3.8, 4) is 0 Å². The van der Waals surface area contributed by atoms with E-state index in [0.717, 1.165) is 31.2 Å². The van der Waals surface area contributed by atoms with E-state index in [1.165, 1.54) is 19.4 Å². The standard InChI is InChI=1S/C20H26N2O4/c1-15(21-18(23)13-12-16-8-4-2-5-9-16)20(25)26-14-19(24)22-17-10-6-3-7-11-17/h2,4-5,8-9,12-13,15,17H,3,6-7,10-11,14H2,1H3,(H,21,23)(H,22,24)/b13-12+/t15-/m0/s1. The first kappa shape index (κ1) is 19.7. The van der Waals surface area contributed by atoms with Crippen molar-refractivity contribution in [3.63, 3.8) is 0 Å². The molecule has 6 heteroatoms. The third-order valence-electron chi connectivity index (χ3n) is 4.25. The van der Waals surface area contributed by atoms with Crippen LogP contribution in [0.3, 0.4) is 0 Å². The zero-order valence-corrected chi connectivity index (χ0v) is 15.1. The molecule has 0 aromatic heterocycles. The van der Waals surface area contributed by atoms with E-state index in [4.69, 9.17) is 4.74 Å². The van der Waals surface area contributed by atoms with Gasteiger partial charge in [-0.1, -0.05) is 49.6 Å². The van der Waals surface area contributed by atoms with Crippen LogP contribution in [0.15, 0.2) is 36.4 Å². The molecule has 6 nitrogen and oxygen atoms in total. The molecule has 0 heterocycles. The van der Waals surface area contributed by atoms with E-state index in [-0.39, 0.29) is 18.6 Å². The van der Waals surface area contributed by atoms with Crippen LogP contribution in [0.5, 0.6) is 0 Å². The highest BCUT2D eigenvalue weighted by Gasteiger charge is 2.19. The number of esters is 1. The van der Waals surface area contributed by atoms with Crippen LogP contribution in [0.4, 0.5) is 0 Å². The zero-order valence-electron chi connectivity index (χ0n) is 15.1. The molecule has 26 heavy (non-hydrogen) atoms. The van der Waals surface area contributed by atoms with Crippen molar-refractivity contribution in [2.45, 2.75) is 51.1 Å². The van der Waals surface area contributed by atoms with Gasteiger partial charge in [-0.3, -0.25) is 9.59 Å². The molecule has 0 radical (unpaired) electrons. The minimum absolute atomic E-state index is 0.176. The van der Waals surface area contributed by atoms with Crippen LogP contribution < -0.4 is 10.6 Å². The molecule has 140 valence electrons. The molecule has 1 fully saturated rings. The summed E-state index contributed by atoms with van der Waals surface area (Å²) in [5.41, 5.74) is 0.886. The van der Waals surface area contributed by atoms with Crippen LogP contribution in [0.25, 0.3) is 6.08 Å². The van der Waals surface area contributed by atoms with Gasteiger partial charge >= 0.3 is 5.97 Å². The van der Waals surface area contributed by atoms with Gasteiger partial charge in [0.25, 0.3) is 5.91 Å². The van der Waals surface area contributed by atoms with Crippen molar-refractivity contribution in [2.75, 3.05) is 6.61 Å². The van der Waals surface area contributed by atoms with Gasteiger partial charge in [0.2, 0.25) is 5.91 Å². The summed E-state index contributed by atoms with van der Waals surface area (Å²) in [6.45, 7) is 1.20. The molecule has 0 aliphatic heterocycles. The molecule has 1 aromatic carbocycles. The van der Waals surface area contributed by atoms with Crippen LogP contribution in [0.2, 0.25) is 0 Å². The second kappa shape index (κ2) is 10.4. The lowest BCUT2D eigenvalue weighted by Gasteiger charge is -2.22. The van der Waals surface area contributed by atoms with Gasteiger partial charge in [-0.2, -0.15) is 0 Å². The Balaban J connectivity index is 1.68. The Kier molecular flexibility index (Phi) is 7.86. The van der Waals surface area contributed by atoms with Crippen LogP contribution >= 0.6 is 0 Å². The van der Waals surface area contributed by atoms with E-state index in [1.807, 2.05) is 30.3 Å². The number of ether oxygens (including phenoxy) is 1. The van der Waals surface area contributed by atoms with Gasteiger partial charge in [-0.25, -0.2) is 4.79 Å². The third kappa shape index (κ3) is 7.09. The van der Waals surface area contributed by atoms with Crippen molar-refractivity contribution >= 4 is 23.9 Å². The van der Waals surface area contributed by atoms with Gasteiger partial charge in [-0.05, 0) is 31.4 Å². The quantitative estimate of drug-likeness (QED) is 0.578. The summed E-state index contributed by atoms with van der Waals surface area (Å²) in [5.74, 6) is -1.33.